The van der Waals surface area contributed by atoms with Crippen LogP contribution in [0.2, 0.25) is 5.02 Å². The lowest BCUT2D eigenvalue weighted by molar-refractivity contribution is -0.122. The molecule has 5 nitrogen and oxygen atoms in total. The fraction of sp³-hybridized carbons (Fsp3) is 0.409. The van der Waals surface area contributed by atoms with E-state index in [-0.39, 0.29) is 11.9 Å². The van der Waals surface area contributed by atoms with E-state index in [1.807, 2.05) is 32.9 Å². The molecule has 1 amide bonds. The molecule has 2 aromatic rings. The van der Waals surface area contributed by atoms with E-state index in [4.69, 9.17) is 11.6 Å². The van der Waals surface area contributed by atoms with Crippen molar-refractivity contribution in [1.82, 2.24) is 5.32 Å². The Morgan fingerprint density at radius 1 is 1.10 bits per heavy atom. The summed E-state index contributed by atoms with van der Waals surface area (Å²) in [4.78, 5) is 13.1. The molecule has 2 rings (SSSR count). The average molecular weight is 437 g/mol. The maximum atomic E-state index is 13.1. The van der Waals surface area contributed by atoms with Crippen molar-refractivity contribution >= 4 is 33.2 Å². The van der Waals surface area contributed by atoms with Crippen LogP contribution in [0.1, 0.15) is 48.6 Å². The Labute approximate surface area is 179 Å². The van der Waals surface area contributed by atoms with Crippen LogP contribution in [0.3, 0.4) is 0 Å². The molecule has 2 aromatic carbocycles. The van der Waals surface area contributed by atoms with Gasteiger partial charge in [-0.1, -0.05) is 48.4 Å². The Bertz CT molecular complexity index is 1010. The number of sulfonamides is 1. The molecule has 0 radical (unpaired) electrons. The predicted octanol–water partition coefficient (Wildman–Crippen LogP) is 4.69. The highest BCUT2D eigenvalue weighted by atomic mass is 35.5. The first kappa shape index (κ1) is 23.2. The fourth-order valence-electron chi connectivity index (χ4n) is 3.51. The van der Waals surface area contributed by atoms with Crippen molar-refractivity contribution in [2.24, 2.45) is 0 Å². The van der Waals surface area contributed by atoms with Crippen molar-refractivity contribution in [2.75, 3.05) is 10.6 Å². The fourth-order valence-corrected chi connectivity index (χ4v) is 4.90. The monoisotopic (exact) mass is 436 g/mol. The van der Waals surface area contributed by atoms with Gasteiger partial charge >= 0.3 is 0 Å². The van der Waals surface area contributed by atoms with Gasteiger partial charge in [0.2, 0.25) is 15.9 Å². The topological polar surface area (TPSA) is 66.5 Å². The molecule has 0 aliphatic rings. The Morgan fingerprint density at radius 2 is 1.76 bits per heavy atom. The molecule has 0 saturated heterocycles. The lowest BCUT2D eigenvalue weighted by atomic mass is 9.97. The van der Waals surface area contributed by atoms with Crippen LogP contribution in [0, 0.1) is 20.8 Å². The molecule has 0 saturated carbocycles. The van der Waals surface area contributed by atoms with E-state index in [2.05, 4.69) is 11.4 Å². The molecule has 0 unspecified atom stereocenters. The van der Waals surface area contributed by atoms with Crippen molar-refractivity contribution in [3.63, 3.8) is 0 Å². The third-order valence-corrected chi connectivity index (χ3v) is 6.49. The predicted molar refractivity (Wildman–Crippen MR) is 120 cm³/mol. The van der Waals surface area contributed by atoms with Gasteiger partial charge in [0, 0.05) is 5.02 Å². The summed E-state index contributed by atoms with van der Waals surface area (Å²) in [6.07, 6.45) is 1.79. The summed E-state index contributed by atoms with van der Waals surface area (Å²) in [5, 5.41) is 3.43. The maximum absolute atomic E-state index is 13.1. The van der Waals surface area contributed by atoms with E-state index in [9.17, 15) is 13.2 Å². The van der Waals surface area contributed by atoms with Crippen LogP contribution in [0.4, 0.5) is 5.69 Å². The minimum atomic E-state index is -3.71. The van der Waals surface area contributed by atoms with Gasteiger partial charge in [-0.25, -0.2) is 8.42 Å². The Morgan fingerprint density at radius 3 is 2.31 bits per heavy atom. The number of carbonyl (C=O) groups is 1. The number of hydrogen-bond donors (Lipinski definition) is 1. The summed E-state index contributed by atoms with van der Waals surface area (Å²) >= 11 is 6.09. The normalized spacial score (nSPS) is 13.6. The zero-order valence-electron chi connectivity index (χ0n) is 17.8. The molecular formula is C22H29ClN2O3S. The first-order valence-corrected chi connectivity index (χ1v) is 11.8. The molecule has 0 spiro atoms. The molecule has 0 bridgehead atoms. The summed E-state index contributed by atoms with van der Waals surface area (Å²) in [7, 11) is -3.71. The Balaban J connectivity index is 2.37. The van der Waals surface area contributed by atoms with Crippen LogP contribution in [0.15, 0.2) is 36.4 Å². The van der Waals surface area contributed by atoms with Crippen molar-refractivity contribution < 1.29 is 13.2 Å². The summed E-state index contributed by atoms with van der Waals surface area (Å²) in [5.74, 6) is -0.360. The second kappa shape index (κ2) is 9.18. The maximum Gasteiger partial charge on any atom is 0.244 e. The minimum Gasteiger partial charge on any atom is -0.347 e. The molecule has 158 valence electrons. The standard InChI is InChI=1S/C22H29ClN2O3S/c1-7-20(19-11-8-14(2)12-16(19)4)24-22(26)17(5)25(29(6,27)28)21-13-18(23)10-9-15(21)3/h8-13,17,20H,7H2,1-6H3,(H,24,26)/t17-,20-/m0/s1. The third-order valence-electron chi connectivity index (χ3n) is 5.02. The van der Waals surface area contributed by atoms with E-state index < -0.39 is 16.1 Å². The van der Waals surface area contributed by atoms with Gasteiger partial charge in [0.15, 0.2) is 0 Å². The van der Waals surface area contributed by atoms with Crippen molar-refractivity contribution in [3.8, 4) is 0 Å². The smallest absolute Gasteiger partial charge is 0.244 e. The second-order valence-corrected chi connectivity index (χ2v) is 9.79. The zero-order valence-corrected chi connectivity index (χ0v) is 19.4. The largest absolute Gasteiger partial charge is 0.347 e. The van der Waals surface area contributed by atoms with Crippen LogP contribution in [-0.2, 0) is 14.8 Å². The molecular weight excluding hydrogens is 408 g/mol. The van der Waals surface area contributed by atoms with Gasteiger partial charge < -0.3 is 5.32 Å². The molecule has 0 aromatic heterocycles. The van der Waals surface area contributed by atoms with E-state index in [1.165, 1.54) is 0 Å². The molecule has 0 heterocycles. The Hall–Kier alpha value is -2.05. The van der Waals surface area contributed by atoms with Gasteiger partial charge in [0.1, 0.15) is 6.04 Å². The highest BCUT2D eigenvalue weighted by molar-refractivity contribution is 7.92. The molecule has 7 heteroatoms. The first-order chi connectivity index (χ1) is 13.5. The summed E-state index contributed by atoms with van der Waals surface area (Å²) in [6, 6.07) is 9.98. The molecule has 0 aliphatic heterocycles. The summed E-state index contributed by atoms with van der Waals surface area (Å²) < 4.78 is 26.3. The highest BCUT2D eigenvalue weighted by Gasteiger charge is 2.31. The number of hydrogen-bond acceptors (Lipinski definition) is 3. The highest BCUT2D eigenvalue weighted by Crippen LogP contribution is 2.29. The van der Waals surface area contributed by atoms with E-state index in [1.54, 1.807) is 32.0 Å². The molecule has 0 aliphatic carbocycles. The minimum absolute atomic E-state index is 0.201. The zero-order chi connectivity index (χ0) is 21.9. The number of nitrogens with one attached hydrogen (secondary N) is 1. The van der Waals surface area contributed by atoms with Crippen LogP contribution in [0.5, 0.6) is 0 Å². The van der Waals surface area contributed by atoms with Gasteiger partial charge in [-0.3, -0.25) is 9.10 Å². The number of carbonyl (C=O) groups excluding carboxylic acids is 1. The van der Waals surface area contributed by atoms with E-state index in [0.717, 1.165) is 32.8 Å². The molecule has 0 fully saturated rings. The molecule has 29 heavy (non-hydrogen) atoms. The summed E-state index contributed by atoms with van der Waals surface area (Å²) in [5.41, 5.74) is 4.41. The third kappa shape index (κ3) is 5.52. The summed E-state index contributed by atoms with van der Waals surface area (Å²) in [6.45, 7) is 9.41. The second-order valence-electron chi connectivity index (χ2n) is 7.50. The quantitative estimate of drug-likeness (QED) is 0.684. The van der Waals surface area contributed by atoms with Gasteiger partial charge in [-0.15, -0.1) is 0 Å². The van der Waals surface area contributed by atoms with Gasteiger partial charge in [0.05, 0.1) is 18.0 Å². The van der Waals surface area contributed by atoms with Gasteiger partial charge in [0.25, 0.3) is 0 Å². The average Bonchev–Trinajstić information content (AvgIpc) is 2.62. The lowest BCUT2D eigenvalue weighted by Crippen LogP contribution is -2.49. The number of nitrogens with zero attached hydrogens (tertiary/aromatic N) is 1. The van der Waals surface area contributed by atoms with Crippen LogP contribution < -0.4 is 9.62 Å². The lowest BCUT2D eigenvalue weighted by Gasteiger charge is -2.31. The van der Waals surface area contributed by atoms with E-state index in [0.29, 0.717) is 17.1 Å². The van der Waals surface area contributed by atoms with Crippen molar-refractivity contribution in [3.05, 3.63) is 63.7 Å². The SMILES string of the molecule is CC[C@H](NC(=O)[C@H](C)N(c1cc(Cl)ccc1C)S(C)(=O)=O)c1ccc(C)cc1C. The van der Waals surface area contributed by atoms with Crippen LogP contribution in [0.25, 0.3) is 0 Å². The van der Waals surface area contributed by atoms with Crippen LogP contribution >= 0.6 is 11.6 Å². The number of amides is 1. The number of rotatable bonds is 7. The number of aryl methyl sites for hydroxylation is 3. The Kier molecular flexibility index (Phi) is 7.35. The number of anilines is 1. The first-order valence-electron chi connectivity index (χ1n) is 9.58. The number of halogens is 1. The van der Waals surface area contributed by atoms with E-state index >= 15 is 0 Å². The van der Waals surface area contributed by atoms with Crippen molar-refractivity contribution in [1.29, 1.82) is 0 Å². The van der Waals surface area contributed by atoms with Gasteiger partial charge in [-0.05, 0) is 62.9 Å². The number of benzene rings is 2. The van der Waals surface area contributed by atoms with Crippen LogP contribution in [-0.4, -0.2) is 26.6 Å². The molecule has 2 atom stereocenters. The van der Waals surface area contributed by atoms with Crippen molar-refractivity contribution in [2.45, 2.75) is 53.1 Å². The molecule has 1 N–H and O–H groups in total. The van der Waals surface area contributed by atoms with Gasteiger partial charge in [-0.2, -0.15) is 0 Å².